The van der Waals surface area contributed by atoms with Crippen molar-refractivity contribution in [2.75, 3.05) is 18.4 Å². The second-order valence-corrected chi connectivity index (χ2v) is 6.25. The molecule has 1 atom stereocenters. The number of nitrogens with one attached hydrogen (secondary N) is 1. The van der Waals surface area contributed by atoms with E-state index in [9.17, 15) is 9.18 Å². The van der Waals surface area contributed by atoms with Gasteiger partial charge in [0.05, 0.1) is 0 Å². The summed E-state index contributed by atoms with van der Waals surface area (Å²) in [4.78, 5) is 23.2. The first kappa shape index (κ1) is 15.6. The van der Waals surface area contributed by atoms with Crippen molar-refractivity contribution in [1.29, 1.82) is 0 Å². The minimum atomic E-state index is -0.371. The molecular formula is C18H18FN5O. The van der Waals surface area contributed by atoms with E-state index in [1.165, 1.54) is 12.1 Å². The second kappa shape index (κ2) is 6.16. The highest BCUT2D eigenvalue weighted by atomic mass is 19.1. The number of aromatic nitrogens is 3. The molecule has 1 N–H and O–H groups in total. The molecule has 0 bridgehead atoms. The fraction of sp³-hybridized carbons (Fsp3) is 0.278. The van der Waals surface area contributed by atoms with Crippen molar-refractivity contribution in [2.24, 2.45) is 7.05 Å². The quantitative estimate of drug-likeness (QED) is 0.780. The Balaban J connectivity index is 1.49. The van der Waals surface area contributed by atoms with Gasteiger partial charge in [0.2, 0.25) is 0 Å². The molecule has 0 spiro atoms. The summed E-state index contributed by atoms with van der Waals surface area (Å²) >= 11 is 0. The molecular weight excluding hydrogens is 321 g/mol. The highest BCUT2D eigenvalue weighted by molar-refractivity contribution is 5.89. The van der Waals surface area contributed by atoms with Gasteiger partial charge in [0.25, 0.3) is 0 Å². The van der Waals surface area contributed by atoms with Crippen LogP contribution in [0.25, 0.3) is 11.2 Å². The topological polar surface area (TPSA) is 63.1 Å². The number of benzene rings is 1. The van der Waals surface area contributed by atoms with Gasteiger partial charge in [0, 0.05) is 37.9 Å². The number of rotatable bonds is 2. The monoisotopic (exact) mass is 339 g/mol. The Bertz CT molecular complexity index is 938. The molecule has 3 heterocycles. The largest absolute Gasteiger partial charge is 0.324 e. The summed E-state index contributed by atoms with van der Waals surface area (Å²) in [5, 5.41) is 2.75. The Labute approximate surface area is 144 Å². The number of carbonyl (C=O) groups is 1. The predicted octanol–water partition coefficient (Wildman–Crippen LogP) is 3.13. The van der Waals surface area contributed by atoms with Crippen LogP contribution in [0.5, 0.6) is 0 Å². The van der Waals surface area contributed by atoms with Gasteiger partial charge < -0.3 is 14.8 Å². The molecule has 0 aliphatic carbocycles. The predicted molar refractivity (Wildman–Crippen MR) is 92.9 cm³/mol. The van der Waals surface area contributed by atoms with E-state index in [1.807, 2.05) is 23.7 Å². The molecule has 6 nitrogen and oxygen atoms in total. The lowest BCUT2D eigenvalue weighted by Gasteiger charge is -2.17. The van der Waals surface area contributed by atoms with E-state index in [1.54, 1.807) is 23.2 Å². The fourth-order valence-electron chi connectivity index (χ4n) is 3.33. The van der Waals surface area contributed by atoms with Gasteiger partial charge >= 0.3 is 6.03 Å². The molecule has 7 heteroatoms. The van der Waals surface area contributed by atoms with Crippen LogP contribution in [0.3, 0.4) is 0 Å². The Morgan fingerprint density at radius 1 is 1.32 bits per heavy atom. The summed E-state index contributed by atoms with van der Waals surface area (Å²) < 4.78 is 15.2. The van der Waals surface area contributed by atoms with E-state index < -0.39 is 0 Å². The lowest BCUT2D eigenvalue weighted by molar-refractivity contribution is 0.222. The number of hydrogen-bond acceptors (Lipinski definition) is 3. The number of pyridine rings is 1. The van der Waals surface area contributed by atoms with Gasteiger partial charge in [-0.05, 0) is 36.8 Å². The zero-order chi connectivity index (χ0) is 17.4. The number of fused-ring (bicyclic) bond motifs is 1. The van der Waals surface area contributed by atoms with Crippen molar-refractivity contribution in [3.63, 3.8) is 0 Å². The van der Waals surface area contributed by atoms with E-state index in [4.69, 9.17) is 0 Å². The van der Waals surface area contributed by atoms with Gasteiger partial charge in [-0.25, -0.2) is 19.2 Å². The smallest absolute Gasteiger partial charge is 0.321 e. The molecule has 1 aliphatic rings. The number of nitrogens with zero attached hydrogens (tertiary/aromatic N) is 4. The number of anilines is 1. The fourth-order valence-corrected chi connectivity index (χ4v) is 3.33. The average Bonchev–Trinajstić information content (AvgIpc) is 3.20. The number of urea groups is 1. The van der Waals surface area contributed by atoms with Crippen LogP contribution >= 0.6 is 0 Å². The first-order valence-corrected chi connectivity index (χ1v) is 8.20. The SMILES string of the molecule is Cn1c([C@@H]2CCN(C(=O)Nc3cccc(F)c3)C2)nc2cccnc21. The summed E-state index contributed by atoms with van der Waals surface area (Å²) in [5.41, 5.74) is 2.17. The zero-order valence-electron chi connectivity index (χ0n) is 13.8. The van der Waals surface area contributed by atoms with Gasteiger partial charge in [-0.2, -0.15) is 0 Å². The third-order valence-electron chi connectivity index (χ3n) is 4.58. The van der Waals surface area contributed by atoms with Crippen LogP contribution < -0.4 is 5.32 Å². The first-order chi connectivity index (χ1) is 12.1. The number of hydrogen-bond donors (Lipinski definition) is 1. The minimum absolute atomic E-state index is 0.164. The number of likely N-dealkylation sites (tertiary alicyclic amines) is 1. The standard InChI is InChI=1S/C18H18FN5O/c1-23-16(22-15-6-3-8-20-17(15)23)12-7-9-24(11-12)18(25)21-14-5-2-4-13(19)10-14/h2-6,8,10,12H,7,9,11H2,1H3,(H,21,25)/t12-/m1/s1. The second-order valence-electron chi connectivity index (χ2n) is 6.25. The summed E-state index contributed by atoms with van der Waals surface area (Å²) in [6.07, 6.45) is 2.59. The van der Waals surface area contributed by atoms with Crippen LogP contribution in [-0.4, -0.2) is 38.6 Å². The maximum atomic E-state index is 13.2. The van der Waals surface area contributed by atoms with Gasteiger partial charge in [-0.3, -0.25) is 0 Å². The molecule has 1 aromatic carbocycles. The van der Waals surface area contributed by atoms with Crippen molar-refractivity contribution >= 4 is 22.9 Å². The third kappa shape index (κ3) is 2.93. The van der Waals surface area contributed by atoms with Crippen molar-refractivity contribution in [2.45, 2.75) is 12.3 Å². The molecule has 0 saturated carbocycles. The highest BCUT2D eigenvalue weighted by Crippen LogP contribution is 2.28. The molecule has 4 rings (SSSR count). The Kier molecular flexibility index (Phi) is 3.83. The number of halogens is 1. The summed E-state index contributed by atoms with van der Waals surface area (Å²) in [5.74, 6) is 0.733. The molecule has 2 aromatic heterocycles. The zero-order valence-corrected chi connectivity index (χ0v) is 13.8. The molecule has 1 fully saturated rings. The lowest BCUT2D eigenvalue weighted by atomic mass is 10.1. The first-order valence-electron chi connectivity index (χ1n) is 8.20. The van der Waals surface area contributed by atoms with E-state index in [-0.39, 0.29) is 17.8 Å². The van der Waals surface area contributed by atoms with Gasteiger partial charge in [0.15, 0.2) is 5.65 Å². The third-order valence-corrected chi connectivity index (χ3v) is 4.58. The van der Waals surface area contributed by atoms with E-state index >= 15 is 0 Å². The normalized spacial score (nSPS) is 17.2. The van der Waals surface area contributed by atoms with Crippen LogP contribution in [-0.2, 0) is 7.05 Å². The van der Waals surface area contributed by atoms with Crippen molar-refractivity contribution in [3.8, 4) is 0 Å². The molecule has 2 amide bonds. The maximum absolute atomic E-state index is 13.2. The van der Waals surface area contributed by atoms with Gasteiger partial charge in [-0.1, -0.05) is 6.07 Å². The molecule has 3 aromatic rings. The van der Waals surface area contributed by atoms with Crippen molar-refractivity contribution in [3.05, 3.63) is 54.2 Å². The maximum Gasteiger partial charge on any atom is 0.321 e. The van der Waals surface area contributed by atoms with Crippen LogP contribution in [0, 0.1) is 5.82 Å². The summed E-state index contributed by atoms with van der Waals surface area (Å²) in [6, 6.07) is 9.49. The lowest BCUT2D eigenvalue weighted by Crippen LogP contribution is -2.33. The highest BCUT2D eigenvalue weighted by Gasteiger charge is 2.30. The number of aryl methyl sites for hydroxylation is 1. The van der Waals surface area contributed by atoms with Crippen LogP contribution in [0.15, 0.2) is 42.6 Å². The van der Waals surface area contributed by atoms with Crippen LogP contribution in [0.1, 0.15) is 18.2 Å². The Hall–Kier alpha value is -2.96. The van der Waals surface area contributed by atoms with Gasteiger partial charge in [0.1, 0.15) is 17.2 Å². The van der Waals surface area contributed by atoms with Crippen molar-refractivity contribution < 1.29 is 9.18 Å². The number of carbonyl (C=O) groups excluding carboxylic acids is 1. The Morgan fingerprint density at radius 3 is 3.00 bits per heavy atom. The van der Waals surface area contributed by atoms with Crippen LogP contribution in [0.4, 0.5) is 14.9 Å². The molecule has 1 saturated heterocycles. The molecule has 1 aliphatic heterocycles. The minimum Gasteiger partial charge on any atom is -0.324 e. The summed E-state index contributed by atoms with van der Waals surface area (Å²) in [7, 11) is 1.95. The molecule has 128 valence electrons. The molecule has 0 radical (unpaired) electrons. The van der Waals surface area contributed by atoms with E-state index in [0.29, 0.717) is 18.8 Å². The van der Waals surface area contributed by atoms with Crippen molar-refractivity contribution in [1.82, 2.24) is 19.4 Å². The Morgan fingerprint density at radius 2 is 2.20 bits per heavy atom. The van der Waals surface area contributed by atoms with E-state index in [0.717, 1.165) is 23.4 Å². The summed E-state index contributed by atoms with van der Waals surface area (Å²) in [6.45, 7) is 1.22. The number of amides is 2. The molecule has 0 unspecified atom stereocenters. The molecule has 25 heavy (non-hydrogen) atoms. The van der Waals surface area contributed by atoms with E-state index in [2.05, 4.69) is 15.3 Å². The van der Waals surface area contributed by atoms with Crippen LogP contribution in [0.2, 0.25) is 0 Å². The van der Waals surface area contributed by atoms with Gasteiger partial charge in [-0.15, -0.1) is 0 Å². The number of imidazole rings is 1. The average molecular weight is 339 g/mol.